The highest BCUT2D eigenvalue weighted by Crippen LogP contribution is 2.47. The molecule has 1 heterocycles. The summed E-state index contributed by atoms with van der Waals surface area (Å²) in [7, 11) is 2.86. The van der Waals surface area contributed by atoms with Crippen molar-refractivity contribution < 1.29 is 18.3 Å². The summed E-state index contributed by atoms with van der Waals surface area (Å²) in [4.78, 5) is 0. The number of aromatic nitrogens is 2. The van der Waals surface area contributed by atoms with E-state index in [9.17, 15) is 0 Å². The number of hydrogen-bond donors (Lipinski definition) is 0. The highest BCUT2D eigenvalue weighted by atomic mass is 32.5. The zero-order valence-electron chi connectivity index (χ0n) is 10.8. The molecule has 0 saturated carbocycles. The minimum Gasteiger partial charge on any atom is -0.476 e. The Morgan fingerprint density at radius 1 is 1.17 bits per heavy atom. The van der Waals surface area contributed by atoms with Crippen LogP contribution in [0, 0.1) is 5.92 Å². The van der Waals surface area contributed by atoms with Crippen molar-refractivity contribution >= 4 is 18.5 Å². The lowest BCUT2D eigenvalue weighted by molar-refractivity contribution is 0.253. The van der Waals surface area contributed by atoms with E-state index in [-0.39, 0.29) is 5.88 Å². The average molecular weight is 292 g/mol. The van der Waals surface area contributed by atoms with Crippen LogP contribution in [0.1, 0.15) is 13.8 Å². The van der Waals surface area contributed by atoms with Gasteiger partial charge < -0.3 is 18.3 Å². The second-order valence-electron chi connectivity index (χ2n) is 3.82. The van der Waals surface area contributed by atoms with Gasteiger partial charge in [-0.2, -0.15) is 0 Å². The molecule has 0 amide bonds. The standard InChI is InChI=1S/C10H17N2O4PS/c1-8(2)7-15-9-5-6-10(12-11-9)16-17(18,13-3)14-4/h5-6,8H,7H2,1-4H3. The molecule has 18 heavy (non-hydrogen) atoms. The first-order valence-corrected chi connectivity index (χ1v) is 7.92. The van der Waals surface area contributed by atoms with E-state index in [0.29, 0.717) is 18.4 Å². The highest BCUT2D eigenvalue weighted by molar-refractivity contribution is 8.07. The summed E-state index contributed by atoms with van der Waals surface area (Å²) >= 11 is 5.05. The molecular weight excluding hydrogens is 275 g/mol. The third-order valence-electron chi connectivity index (χ3n) is 1.83. The van der Waals surface area contributed by atoms with E-state index in [4.69, 9.17) is 30.1 Å². The molecule has 1 aromatic rings. The van der Waals surface area contributed by atoms with Crippen molar-refractivity contribution in [3.8, 4) is 11.8 Å². The normalized spacial score (nSPS) is 11.6. The molecule has 0 saturated heterocycles. The van der Waals surface area contributed by atoms with Gasteiger partial charge in [0.15, 0.2) is 0 Å². The highest BCUT2D eigenvalue weighted by Gasteiger charge is 2.19. The monoisotopic (exact) mass is 292 g/mol. The van der Waals surface area contributed by atoms with E-state index < -0.39 is 6.72 Å². The van der Waals surface area contributed by atoms with E-state index in [1.807, 2.05) is 0 Å². The summed E-state index contributed by atoms with van der Waals surface area (Å²) < 4.78 is 20.7. The van der Waals surface area contributed by atoms with Crippen molar-refractivity contribution in [1.29, 1.82) is 0 Å². The average Bonchev–Trinajstić information content (AvgIpc) is 2.37. The van der Waals surface area contributed by atoms with Crippen LogP contribution in [0.3, 0.4) is 0 Å². The molecule has 0 N–H and O–H groups in total. The van der Waals surface area contributed by atoms with Crippen molar-refractivity contribution in [2.45, 2.75) is 13.8 Å². The predicted octanol–water partition coefficient (Wildman–Crippen LogP) is 2.41. The third kappa shape index (κ3) is 4.86. The van der Waals surface area contributed by atoms with Crippen LogP contribution in [-0.4, -0.2) is 31.0 Å². The lowest BCUT2D eigenvalue weighted by atomic mass is 10.2. The summed E-state index contributed by atoms with van der Waals surface area (Å²) in [6.07, 6.45) is 0. The Kier molecular flexibility index (Phi) is 5.95. The first kappa shape index (κ1) is 15.3. The topological polar surface area (TPSA) is 62.7 Å². The summed E-state index contributed by atoms with van der Waals surface area (Å²) in [5.41, 5.74) is 0. The van der Waals surface area contributed by atoms with Crippen LogP contribution in [0.5, 0.6) is 11.8 Å². The molecule has 0 aliphatic rings. The molecular formula is C10H17N2O4PS. The fourth-order valence-corrected chi connectivity index (χ4v) is 1.80. The molecule has 0 aromatic carbocycles. The molecule has 0 fully saturated rings. The molecule has 0 atom stereocenters. The third-order valence-corrected chi connectivity index (χ3v) is 4.26. The largest absolute Gasteiger partial charge is 0.476 e. The van der Waals surface area contributed by atoms with Crippen molar-refractivity contribution in [3.05, 3.63) is 12.1 Å². The van der Waals surface area contributed by atoms with Gasteiger partial charge in [-0.1, -0.05) is 13.8 Å². The minimum atomic E-state index is -2.76. The molecule has 0 spiro atoms. The Morgan fingerprint density at radius 3 is 2.17 bits per heavy atom. The molecule has 102 valence electrons. The number of ether oxygens (including phenoxy) is 1. The molecule has 0 aliphatic carbocycles. The maximum atomic E-state index is 5.40. The molecule has 0 unspecified atom stereocenters. The van der Waals surface area contributed by atoms with Gasteiger partial charge in [0.2, 0.25) is 11.8 Å². The fourth-order valence-electron chi connectivity index (χ4n) is 0.949. The Morgan fingerprint density at radius 2 is 1.72 bits per heavy atom. The van der Waals surface area contributed by atoms with E-state index in [1.54, 1.807) is 12.1 Å². The smallest absolute Gasteiger partial charge is 0.381 e. The van der Waals surface area contributed by atoms with E-state index in [1.165, 1.54) is 14.2 Å². The van der Waals surface area contributed by atoms with E-state index >= 15 is 0 Å². The molecule has 6 nitrogen and oxygen atoms in total. The van der Waals surface area contributed by atoms with Gasteiger partial charge in [0, 0.05) is 38.2 Å². The van der Waals surface area contributed by atoms with Crippen LogP contribution in [-0.2, 0) is 20.9 Å². The number of nitrogens with zero attached hydrogens (tertiary/aromatic N) is 2. The van der Waals surface area contributed by atoms with Gasteiger partial charge in [0.25, 0.3) is 0 Å². The summed E-state index contributed by atoms with van der Waals surface area (Å²) in [6.45, 7) is 1.93. The van der Waals surface area contributed by atoms with Crippen LogP contribution in [0.25, 0.3) is 0 Å². The van der Waals surface area contributed by atoms with E-state index in [2.05, 4.69) is 24.0 Å². The Bertz CT molecular complexity index is 405. The van der Waals surface area contributed by atoms with Crippen molar-refractivity contribution in [1.82, 2.24) is 10.2 Å². The van der Waals surface area contributed by atoms with Gasteiger partial charge in [0.1, 0.15) is 0 Å². The fraction of sp³-hybridized carbons (Fsp3) is 0.600. The zero-order valence-corrected chi connectivity index (χ0v) is 12.5. The Hall–Kier alpha value is -0.750. The van der Waals surface area contributed by atoms with Crippen molar-refractivity contribution in [2.75, 3.05) is 20.8 Å². The summed E-state index contributed by atoms with van der Waals surface area (Å²) in [6, 6.07) is 3.28. The lowest BCUT2D eigenvalue weighted by Crippen LogP contribution is -2.06. The molecule has 0 bridgehead atoms. The zero-order chi connectivity index (χ0) is 13.6. The number of rotatable bonds is 7. The van der Waals surface area contributed by atoms with Crippen LogP contribution in [0.2, 0.25) is 0 Å². The second kappa shape index (κ2) is 6.99. The maximum absolute atomic E-state index is 5.40. The van der Waals surface area contributed by atoms with Crippen molar-refractivity contribution in [2.24, 2.45) is 5.92 Å². The molecule has 1 rings (SSSR count). The van der Waals surface area contributed by atoms with Gasteiger partial charge in [-0.05, 0) is 5.92 Å². The Balaban J connectivity index is 2.63. The van der Waals surface area contributed by atoms with Gasteiger partial charge in [-0.15, -0.1) is 10.2 Å². The van der Waals surface area contributed by atoms with Gasteiger partial charge in [-0.25, -0.2) is 0 Å². The first-order chi connectivity index (χ1) is 8.49. The predicted molar refractivity (Wildman–Crippen MR) is 71.3 cm³/mol. The summed E-state index contributed by atoms with van der Waals surface area (Å²) in [5.74, 6) is 1.12. The quantitative estimate of drug-likeness (QED) is 0.715. The molecule has 0 radical (unpaired) electrons. The number of hydrogen-bond acceptors (Lipinski definition) is 7. The van der Waals surface area contributed by atoms with E-state index in [0.717, 1.165) is 0 Å². The van der Waals surface area contributed by atoms with Crippen LogP contribution < -0.4 is 9.26 Å². The SMILES string of the molecule is COP(=S)(OC)Oc1ccc(OCC(C)C)nn1. The molecule has 0 aliphatic heterocycles. The second-order valence-corrected chi connectivity index (χ2v) is 6.97. The summed E-state index contributed by atoms with van der Waals surface area (Å²) in [5, 5.41) is 7.71. The first-order valence-electron chi connectivity index (χ1n) is 5.36. The lowest BCUT2D eigenvalue weighted by Gasteiger charge is -2.16. The van der Waals surface area contributed by atoms with Crippen LogP contribution >= 0.6 is 6.72 Å². The minimum absolute atomic E-state index is 0.249. The maximum Gasteiger partial charge on any atom is 0.381 e. The van der Waals surface area contributed by atoms with Gasteiger partial charge in [-0.3, -0.25) is 0 Å². The van der Waals surface area contributed by atoms with Gasteiger partial charge >= 0.3 is 6.72 Å². The van der Waals surface area contributed by atoms with Gasteiger partial charge in [0.05, 0.1) is 6.61 Å². The molecule has 1 aromatic heterocycles. The van der Waals surface area contributed by atoms with Crippen LogP contribution in [0.4, 0.5) is 0 Å². The molecule has 8 heteroatoms. The van der Waals surface area contributed by atoms with Crippen molar-refractivity contribution in [3.63, 3.8) is 0 Å². The Labute approximate surface area is 112 Å². The van der Waals surface area contributed by atoms with Crippen LogP contribution in [0.15, 0.2) is 12.1 Å².